The van der Waals surface area contributed by atoms with Gasteiger partial charge in [-0.2, -0.15) is 0 Å². The second-order valence-electron chi connectivity index (χ2n) is 0. The molecule has 0 spiro atoms. The first-order valence-corrected chi connectivity index (χ1v) is 0. The molecule has 0 aliphatic carbocycles. The molecule has 0 aromatic heterocycles. The Morgan fingerprint density at radius 3 is 0.600 bits per heavy atom. The summed E-state index contributed by atoms with van der Waals surface area (Å²) in [6.45, 7) is 0. The molecule has 0 aliphatic rings. The molecule has 0 amide bonds. The van der Waals surface area contributed by atoms with E-state index in [-0.39, 0.29) is 62.3 Å². The van der Waals surface area contributed by atoms with Crippen LogP contribution < -0.4 is 0 Å². The molecule has 0 aromatic rings. The molecule has 0 rings (SSSR count). The zero-order valence-corrected chi connectivity index (χ0v) is 9.57. The summed E-state index contributed by atoms with van der Waals surface area (Å²) < 4.78 is 0. The van der Waals surface area contributed by atoms with Crippen LogP contribution in [0.25, 0.3) is 0 Å². The molecular weight excluding hydrogens is 198 g/mol. The number of rotatable bonds is 0. The van der Waals surface area contributed by atoms with Crippen molar-refractivity contribution >= 4 is 12.4 Å². The largest absolute Gasteiger partial charge is 0.412 e. The van der Waals surface area contributed by atoms with Crippen molar-refractivity contribution in [1.29, 1.82) is 0 Å². The van der Waals surface area contributed by atoms with Crippen molar-refractivity contribution in [1.82, 2.24) is 0 Å². The maximum atomic E-state index is 0. The van der Waals surface area contributed by atoms with Crippen LogP contribution in [0, 0.1) is 0 Å². The van der Waals surface area contributed by atoms with Gasteiger partial charge < -0.3 is 11.0 Å². The summed E-state index contributed by atoms with van der Waals surface area (Å²) in [5, 5.41) is 0. The van der Waals surface area contributed by atoms with Gasteiger partial charge in [0.2, 0.25) is 0 Å². The van der Waals surface area contributed by atoms with Gasteiger partial charge in [0.1, 0.15) is 0 Å². The quantitative estimate of drug-likeness (QED) is 0.442. The van der Waals surface area contributed by atoms with Gasteiger partial charge in [0, 0.05) is 39.0 Å². The second kappa shape index (κ2) is 51.1. The van der Waals surface area contributed by atoms with Crippen molar-refractivity contribution in [2.45, 2.75) is 0 Å². The van der Waals surface area contributed by atoms with Crippen molar-refractivity contribution in [3.05, 3.63) is 0 Å². The van der Waals surface area contributed by atoms with E-state index in [1.165, 1.54) is 0 Å². The maximum Gasteiger partial charge on any atom is 0 e. The van der Waals surface area contributed by atoms with E-state index in [1.807, 2.05) is 0 Å². The Hall–Kier alpha value is 1.46. The first-order valence-electron chi connectivity index (χ1n) is 0. The van der Waals surface area contributed by atoms with Crippen LogP contribution in [0.2, 0.25) is 0 Å². The van der Waals surface area contributed by atoms with Gasteiger partial charge >= 0.3 is 0 Å². The molecule has 0 saturated carbocycles. The molecule has 4 N–H and O–H groups in total. The van der Waals surface area contributed by atoms with E-state index in [2.05, 4.69) is 0 Å². The molecule has 28 valence electrons. The molecule has 0 aliphatic heterocycles. The minimum absolute atomic E-state index is 0. The van der Waals surface area contributed by atoms with Crippen LogP contribution >= 0.6 is 12.4 Å². The average molecular weight is 203 g/mol. The van der Waals surface area contributed by atoms with Crippen LogP contribution in [0.1, 0.15) is 0 Å². The first-order chi connectivity index (χ1) is 0. The Labute approximate surface area is 62.2 Å². The van der Waals surface area contributed by atoms with E-state index in [4.69, 9.17) is 0 Å². The van der Waals surface area contributed by atoms with Gasteiger partial charge in [-0.15, -0.1) is 12.4 Å². The smallest absolute Gasteiger partial charge is 0 e. The van der Waals surface area contributed by atoms with E-state index in [9.17, 15) is 0 Å². The van der Waals surface area contributed by atoms with Gasteiger partial charge in [-0.25, -0.2) is 0 Å². The number of hydrogen-bond acceptors (Lipinski definition) is 0. The fourth-order valence-electron chi connectivity index (χ4n) is 0. The van der Waals surface area contributed by atoms with Gasteiger partial charge in [0.25, 0.3) is 0 Å². The predicted molar refractivity (Wildman–Crippen MR) is 14.5 cm³/mol. The average Bonchev–Trinajstić information content (AvgIpc) is 0. The molecule has 0 atom stereocenters. The molecule has 0 bridgehead atoms. The Kier molecular flexibility index (Phi) is 925. The Morgan fingerprint density at radius 2 is 0.600 bits per heavy atom. The Morgan fingerprint density at radius 1 is 0.600 bits per heavy atom. The third-order valence-corrected chi connectivity index (χ3v) is 0. The summed E-state index contributed by atoms with van der Waals surface area (Å²) in [5.74, 6) is 0. The summed E-state index contributed by atoms with van der Waals surface area (Å²) in [6.07, 6.45) is 0. The molecule has 0 unspecified atom stereocenters. The zero-order chi connectivity index (χ0) is 0. The summed E-state index contributed by atoms with van der Waals surface area (Å²) in [6, 6.07) is 0. The SMILES string of the molecule is Cl.O.O.[Zn].[Zn]. The van der Waals surface area contributed by atoms with E-state index in [0.29, 0.717) is 0 Å². The zero-order valence-electron chi connectivity index (χ0n) is 2.82. The van der Waals surface area contributed by atoms with Crippen molar-refractivity contribution in [3.8, 4) is 0 Å². The number of hydrogen-bond donors (Lipinski definition) is 0. The minimum atomic E-state index is 0. The summed E-state index contributed by atoms with van der Waals surface area (Å²) in [5.41, 5.74) is 0. The van der Waals surface area contributed by atoms with Gasteiger partial charge in [-0.05, 0) is 0 Å². The van der Waals surface area contributed by atoms with E-state index >= 15 is 0 Å². The van der Waals surface area contributed by atoms with Gasteiger partial charge in [-0.3, -0.25) is 0 Å². The molecule has 0 heterocycles. The number of halogens is 1. The predicted octanol–water partition coefficient (Wildman–Crippen LogP) is -1.23. The second-order valence-corrected chi connectivity index (χ2v) is 0. The van der Waals surface area contributed by atoms with Crippen molar-refractivity contribution < 1.29 is 49.9 Å². The first kappa shape index (κ1) is 90.6. The Bertz CT molecular complexity index is 7.61. The van der Waals surface area contributed by atoms with Crippen LogP contribution in [-0.2, 0) is 39.0 Å². The van der Waals surface area contributed by atoms with Gasteiger partial charge in [-0.1, -0.05) is 0 Å². The van der Waals surface area contributed by atoms with E-state index in [1.54, 1.807) is 0 Å². The van der Waals surface area contributed by atoms with Crippen LogP contribution in [0.5, 0.6) is 0 Å². The van der Waals surface area contributed by atoms with Crippen LogP contribution in [-0.4, -0.2) is 11.0 Å². The molecule has 5 heavy (non-hydrogen) atoms. The van der Waals surface area contributed by atoms with Crippen molar-refractivity contribution in [2.24, 2.45) is 0 Å². The van der Waals surface area contributed by atoms with Crippen molar-refractivity contribution in [2.75, 3.05) is 0 Å². The van der Waals surface area contributed by atoms with E-state index < -0.39 is 0 Å². The van der Waals surface area contributed by atoms with Gasteiger partial charge in [0.15, 0.2) is 0 Å². The van der Waals surface area contributed by atoms with E-state index in [0.717, 1.165) is 0 Å². The monoisotopic (exact) mass is 200 g/mol. The van der Waals surface area contributed by atoms with Crippen LogP contribution in [0.15, 0.2) is 0 Å². The molecule has 0 saturated heterocycles. The fourth-order valence-corrected chi connectivity index (χ4v) is 0. The molecule has 0 aromatic carbocycles. The fraction of sp³-hybridized carbons (Fsp3) is 0. The Balaban J connectivity index is 0. The molecular formula is H5ClO2Zn2. The molecule has 0 radical (unpaired) electrons. The molecule has 5 heteroatoms. The van der Waals surface area contributed by atoms with Crippen LogP contribution in [0.3, 0.4) is 0 Å². The summed E-state index contributed by atoms with van der Waals surface area (Å²) in [4.78, 5) is 0. The summed E-state index contributed by atoms with van der Waals surface area (Å²) >= 11 is 0. The van der Waals surface area contributed by atoms with Gasteiger partial charge in [0.05, 0.1) is 0 Å². The maximum absolute atomic E-state index is 0. The topological polar surface area (TPSA) is 63.0 Å². The van der Waals surface area contributed by atoms with Crippen LogP contribution in [0.4, 0.5) is 0 Å². The van der Waals surface area contributed by atoms with Crippen molar-refractivity contribution in [3.63, 3.8) is 0 Å². The standard InChI is InChI=1S/ClH.2H2O.2Zn/h1H;2*1H2;;. The molecule has 0 fully saturated rings. The third kappa shape index (κ3) is 30.7. The third-order valence-electron chi connectivity index (χ3n) is 0. The minimum Gasteiger partial charge on any atom is -0.412 e. The summed E-state index contributed by atoms with van der Waals surface area (Å²) in [7, 11) is 0. The molecule has 2 nitrogen and oxygen atoms in total. The normalized spacial score (nSPS) is 0.